The average Bonchev–Trinajstić information content (AvgIpc) is 2.66. The lowest BCUT2D eigenvalue weighted by molar-refractivity contribution is 0.391. The zero-order valence-electron chi connectivity index (χ0n) is 8.00. The Morgan fingerprint density at radius 2 is 2.27 bits per heavy atom. The van der Waals surface area contributed by atoms with Crippen LogP contribution in [0, 0.1) is 6.92 Å². The summed E-state index contributed by atoms with van der Waals surface area (Å²) in [5.74, 6) is 1.26. The van der Waals surface area contributed by atoms with Crippen molar-refractivity contribution in [2.24, 2.45) is 0 Å². The molecule has 0 radical (unpaired) electrons. The van der Waals surface area contributed by atoms with Gasteiger partial charge in [0.05, 0.1) is 0 Å². The lowest BCUT2D eigenvalue weighted by Crippen LogP contribution is -1.85. The molecule has 0 saturated heterocycles. The van der Waals surface area contributed by atoms with Crippen molar-refractivity contribution >= 4 is 27.5 Å². The molecule has 15 heavy (non-hydrogen) atoms. The van der Waals surface area contributed by atoms with Crippen LogP contribution in [-0.2, 0) is 5.88 Å². The quantitative estimate of drug-likeness (QED) is 0.793. The number of benzene rings is 1. The van der Waals surface area contributed by atoms with Gasteiger partial charge in [-0.25, -0.2) is 0 Å². The molecule has 0 unspecified atom stereocenters. The van der Waals surface area contributed by atoms with Crippen LogP contribution in [0.4, 0.5) is 0 Å². The van der Waals surface area contributed by atoms with E-state index in [2.05, 4.69) is 26.1 Å². The van der Waals surface area contributed by atoms with Gasteiger partial charge in [-0.15, -0.1) is 11.6 Å². The van der Waals surface area contributed by atoms with E-state index in [0.717, 1.165) is 15.6 Å². The van der Waals surface area contributed by atoms with Crippen molar-refractivity contribution in [1.82, 2.24) is 10.1 Å². The topological polar surface area (TPSA) is 38.9 Å². The van der Waals surface area contributed by atoms with Gasteiger partial charge in [0, 0.05) is 10.0 Å². The van der Waals surface area contributed by atoms with Gasteiger partial charge in [0.15, 0.2) is 0 Å². The Morgan fingerprint density at radius 1 is 1.47 bits per heavy atom. The zero-order valence-corrected chi connectivity index (χ0v) is 10.3. The van der Waals surface area contributed by atoms with Crippen LogP contribution in [-0.4, -0.2) is 10.1 Å². The molecule has 0 spiro atoms. The Kier molecular flexibility index (Phi) is 3.07. The molecule has 0 aliphatic carbocycles. The molecule has 0 aliphatic rings. The number of aryl methyl sites for hydroxylation is 1. The molecule has 5 heteroatoms. The average molecular weight is 288 g/mol. The summed E-state index contributed by atoms with van der Waals surface area (Å²) in [6.45, 7) is 2.00. The summed E-state index contributed by atoms with van der Waals surface area (Å²) in [5.41, 5.74) is 2.05. The minimum atomic E-state index is 0.239. The molecule has 1 aromatic carbocycles. The molecule has 0 saturated carbocycles. The second-order valence-electron chi connectivity index (χ2n) is 3.10. The lowest BCUT2D eigenvalue weighted by atomic mass is 10.1. The van der Waals surface area contributed by atoms with E-state index in [-0.39, 0.29) is 5.88 Å². The fourth-order valence-electron chi connectivity index (χ4n) is 1.30. The fraction of sp³-hybridized carbons (Fsp3) is 0.200. The van der Waals surface area contributed by atoms with Crippen LogP contribution in [0.15, 0.2) is 27.2 Å². The first kappa shape index (κ1) is 10.6. The van der Waals surface area contributed by atoms with Gasteiger partial charge in [-0.2, -0.15) is 4.98 Å². The van der Waals surface area contributed by atoms with Gasteiger partial charge < -0.3 is 4.52 Å². The third kappa shape index (κ3) is 2.21. The van der Waals surface area contributed by atoms with Gasteiger partial charge in [0.1, 0.15) is 5.88 Å². The van der Waals surface area contributed by atoms with Gasteiger partial charge >= 0.3 is 0 Å². The molecule has 0 bridgehead atoms. The number of aromatic nitrogens is 2. The van der Waals surface area contributed by atoms with E-state index >= 15 is 0 Å². The molecule has 0 fully saturated rings. The second-order valence-corrected chi connectivity index (χ2v) is 4.29. The van der Waals surface area contributed by atoms with Crippen LogP contribution < -0.4 is 0 Å². The minimum absolute atomic E-state index is 0.239. The van der Waals surface area contributed by atoms with Crippen molar-refractivity contribution in [2.45, 2.75) is 12.8 Å². The SMILES string of the molecule is Cc1cc(Br)ccc1-c1noc(CCl)n1. The van der Waals surface area contributed by atoms with E-state index in [9.17, 15) is 0 Å². The zero-order chi connectivity index (χ0) is 10.8. The summed E-state index contributed by atoms with van der Waals surface area (Å²) >= 11 is 8.99. The molecular formula is C10H8BrClN2O. The van der Waals surface area contributed by atoms with Crippen molar-refractivity contribution in [1.29, 1.82) is 0 Å². The van der Waals surface area contributed by atoms with Crippen molar-refractivity contribution in [2.75, 3.05) is 0 Å². The van der Waals surface area contributed by atoms with Crippen LogP contribution in [0.3, 0.4) is 0 Å². The molecule has 0 N–H and O–H groups in total. The highest BCUT2D eigenvalue weighted by atomic mass is 79.9. The Labute approximate surface area is 101 Å². The van der Waals surface area contributed by atoms with Gasteiger partial charge in [-0.05, 0) is 30.7 Å². The van der Waals surface area contributed by atoms with Crippen molar-refractivity contribution in [3.05, 3.63) is 34.1 Å². The van der Waals surface area contributed by atoms with Crippen molar-refractivity contribution in [3.8, 4) is 11.4 Å². The van der Waals surface area contributed by atoms with E-state index in [4.69, 9.17) is 16.1 Å². The summed E-state index contributed by atoms with van der Waals surface area (Å²) in [6, 6.07) is 5.90. The number of nitrogens with zero attached hydrogens (tertiary/aromatic N) is 2. The van der Waals surface area contributed by atoms with Crippen LogP contribution in [0.1, 0.15) is 11.5 Å². The molecule has 1 heterocycles. The van der Waals surface area contributed by atoms with E-state index in [1.807, 2.05) is 25.1 Å². The highest BCUT2D eigenvalue weighted by Gasteiger charge is 2.09. The fourth-order valence-corrected chi connectivity index (χ4v) is 1.88. The van der Waals surface area contributed by atoms with Gasteiger partial charge in [-0.3, -0.25) is 0 Å². The molecule has 3 nitrogen and oxygen atoms in total. The van der Waals surface area contributed by atoms with E-state index in [0.29, 0.717) is 11.7 Å². The maximum Gasteiger partial charge on any atom is 0.241 e. The third-order valence-corrected chi connectivity index (χ3v) is 2.73. The van der Waals surface area contributed by atoms with Crippen LogP contribution in [0.2, 0.25) is 0 Å². The van der Waals surface area contributed by atoms with E-state index in [1.165, 1.54) is 0 Å². The monoisotopic (exact) mass is 286 g/mol. The normalized spacial score (nSPS) is 10.6. The first-order chi connectivity index (χ1) is 7.20. The standard InChI is InChI=1S/C10H8BrClN2O/c1-6-4-7(11)2-3-8(6)10-13-9(5-12)15-14-10/h2-4H,5H2,1H3. The molecule has 0 atom stereocenters. The Morgan fingerprint density at radius 3 is 2.87 bits per heavy atom. The molecular weight excluding hydrogens is 279 g/mol. The largest absolute Gasteiger partial charge is 0.338 e. The smallest absolute Gasteiger partial charge is 0.241 e. The maximum atomic E-state index is 5.59. The molecule has 0 aliphatic heterocycles. The van der Waals surface area contributed by atoms with Gasteiger partial charge in [0.2, 0.25) is 11.7 Å². The Hall–Kier alpha value is -0.870. The summed E-state index contributed by atoms with van der Waals surface area (Å²) in [7, 11) is 0. The summed E-state index contributed by atoms with van der Waals surface area (Å²) in [6.07, 6.45) is 0. The van der Waals surface area contributed by atoms with E-state index < -0.39 is 0 Å². The van der Waals surface area contributed by atoms with Gasteiger partial charge in [0.25, 0.3) is 0 Å². The lowest BCUT2D eigenvalue weighted by Gasteiger charge is -2.00. The minimum Gasteiger partial charge on any atom is -0.338 e. The van der Waals surface area contributed by atoms with Gasteiger partial charge in [-0.1, -0.05) is 21.1 Å². The number of halogens is 2. The van der Waals surface area contributed by atoms with Crippen molar-refractivity contribution in [3.63, 3.8) is 0 Å². The Bertz CT molecular complexity index is 484. The number of rotatable bonds is 2. The number of alkyl halides is 1. The van der Waals surface area contributed by atoms with Crippen molar-refractivity contribution < 1.29 is 4.52 Å². The van der Waals surface area contributed by atoms with E-state index in [1.54, 1.807) is 0 Å². The van der Waals surface area contributed by atoms with Crippen LogP contribution in [0.5, 0.6) is 0 Å². The second kappa shape index (κ2) is 4.33. The predicted octanol–water partition coefficient (Wildman–Crippen LogP) is 3.55. The molecule has 2 aromatic rings. The summed E-state index contributed by atoms with van der Waals surface area (Å²) in [4.78, 5) is 4.16. The first-order valence-electron chi connectivity index (χ1n) is 4.36. The predicted molar refractivity (Wildman–Crippen MR) is 61.7 cm³/mol. The number of hydrogen-bond acceptors (Lipinski definition) is 3. The Balaban J connectivity index is 2.44. The first-order valence-corrected chi connectivity index (χ1v) is 5.68. The third-order valence-electron chi connectivity index (χ3n) is 2.01. The molecule has 1 aromatic heterocycles. The van der Waals surface area contributed by atoms with Crippen LogP contribution >= 0.6 is 27.5 Å². The molecule has 0 amide bonds. The molecule has 2 rings (SSSR count). The highest BCUT2D eigenvalue weighted by Crippen LogP contribution is 2.23. The molecule has 78 valence electrons. The highest BCUT2D eigenvalue weighted by molar-refractivity contribution is 9.10. The van der Waals surface area contributed by atoms with Crippen LogP contribution in [0.25, 0.3) is 11.4 Å². The summed E-state index contributed by atoms with van der Waals surface area (Å²) < 4.78 is 5.98. The number of hydrogen-bond donors (Lipinski definition) is 0. The summed E-state index contributed by atoms with van der Waals surface area (Å²) in [5, 5.41) is 3.86. The maximum absolute atomic E-state index is 5.59.